The summed E-state index contributed by atoms with van der Waals surface area (Å²) in [6.45, 7) is 2.09. The molecule has 0 atom stereocenters. The van der Waals surface area contributed by atoms with Gasteiger partial charge in [0, 0.05) is 13.8 Å². The van der Waals surface area contributed by atoms with E-state index >= 15 is 0 Å². The van der Waals surface area contributed by atoms with E-state index < -0.39 is 17.7 Å². The Morgan fingerprint density at radius 1 is 1.10 bits per heavy atom. The molecule has 4 nitrogen and oxygen atoms in total. The van der Waals surface area contributed by atoms with Crippen LogP contribution in [0.15, 0.2) is 0 Å². The van der Waals surface area contributed by atoms with Crippen molar-refractivity contribution >= 4 is 69.1 Å². The van der Waals surface area contributed by atoms with E-state index in [1.165, 1.54) is 0 Å². The van der Waals surface area contributed by atoms with E-state index in [0.29, 0.717) is 0 Å². The Bertz CT molecular complexity index is 163. The minimum atomic E-state index is -1.11. The van der Waals surface area contributed by atoms with E-state index in [4.69, 9.17) is 0 Å². The molecule has 0 bridgehead atoms. The molecule has 5 heteroatoms. The molecule has 0 heterocycles. The summed E-state index contributed by atoms with van der Waals surface area (Å²) >= 11 is 0. The zero-order chi connectivity index (χ0) is 7.44. The van der Waals surface area contributed by atoms with Gasteiger partial charge in [-0.25, -0.2) is 4.79 Å². The number of esters is 2. The molecule has 0 spiro atoms. The van der Waals surface area contributed by atoms with Crippen LogP contribution in [-0.4, -0.2) is 69.1 Å². The van der Waals surface area contributed by atoms with Gasteiger partial charge in [-0.2, -0.15) is 0 Å². The third-order valence-corrected chi connectivity index (χ3v) is 0.524. The predicted molar refractivity (Wildman–Crippen MR) is 34.6 cm³/mol. The third-order valence-electron chi connectivity index (χ3n) is 0.524. The normalized spacial score (nSPS) is 7.40. The number of ether oxygens (including phenoxy) is 1. The van der Waals surface area contributed by atoms with Gasteiger partial charge in [-0.15, -0.1) is 0 Å². The van der Waals surface area contributed by atoms with Crippen molar-refractivity contribution in [3.63, 3.8) is 0 Å². The molecule has 0 N–H and O–H groups in total. The van der Waals surface area contributed by atoms with Gasteiger partial charge in [0.05, 0.1) is 0 Å². The maximum atomic E-state index is 10.2. The van der Waals surface area contributed by atoms with E-state index in [1.54, 1.807) is 0 Å². The number of ketones is 1. The van der Waals surface area contributed by atoms with Gasteiger partial charge >= 0.3 is 63.3 Å². The third kappa shape index (κ3) is 6.56. The molecule has 0 aromatic carbocycles. The van der Waals surface area contributed by atoms with Crippen molar-refractivity contribution in [1.29, 1.82) is 0 Å². The molecule has 0 aliphatic carbocycles. The number of carbonyl (C=O) groups is 3. The van der Waals surface area contributed by atoms with Crippen molar-refractivity contribution < 1.29 is 19.1 Å². The summed E-state index contributed by atoms with van der Waals surface area (Å²) in [7, 11) is 0. The summed E-state index contributed by atoms with van der Waals surface area (Å²) in [5.74, 6) is -2.65. The molecule has 0 rings (SSSR count). The molecular formula is C5H7KO4. The van der Waals surface area contributed by atoms with Crippen LogP contribution in [0.5, 0.6) is 0 Å². The van der Waals surface area contributed by atoms with Crippen LogP contribution in [0.25, 0.3) is 0 Å². The van der Waals surface area contributed by atoms with Gasteiger partial charge in [0.15, 0.2) is 0 Å². The van der Waals surface area contributed by atoms with Crippen LogP contribution < -0.4 is 0 Å². The van der Waals surface area contributed by atoms with Crippen LogP contribution in [0, 0.1) is 0 Å². The molecule has 0 unspecified atom stereocenters. The Labute approximate surface area is 101 Å². The summed E-state index contributed by atoms with van der Waals surface area (Å²) in [5, 5.41) is 0. The summed E-state index contributed by atoms with van der Waals surface area (Å²) in [6.07, 6.45) is 0. The van der Waals surface area contributed by atoms with E-state index in [-0.39, 0.29) is 51.4 Å². The number of Topliss-reactive ketones (excluding diaryl/α,β-unsaturated/α-hetero) is 1. The Balaban J connectivity index is 0. The van der Waals surface area contributed by atoms with Gasteiger partial charge in [0.2, 0.25) is 5.78 Å². The number of hydrogen-bond donors (Lipinski definition) is 0. The van der Waals surface area contributed by atoms with E-state index in [2.05, 4.69) is 4.74 Å². The Hall–Kier alpha value is 0.446. The molecule has 0 aliphatic heterocycles. The molecule has 0 saturated heterocycles. The van der Waals surface area contributed by atoms with Crippen molar-refractivity contribution in [2.45, 2.75) is 13.8 Å². The van der Waals surface area contributed by atoms with Crippen LogP contribution in [-0.2, 0) is 19.1 Å². The van der Waals surface area contributed by atoms with Crippen molar-refractivity contribution in [1.82, 2.24) is 0 Å². The average Bonchev–Trinajstić information content (AvgIpc) is 1.63. The summed E-state index contributed by atoms with van der Waals surface area (Å²) < 4.78 is 3.88. The summed E-state index contributed by atoms with van der Waals surface area (Å²) in [4.78, 5) is 30.2. The fraction of sp³-hybridized carbons (Fsp3) is 0.400. The van der Waals surface area contributed by atoms with Gasteiger partial charge in [0.1, 0.15) is 0 Å². The molecule has 0 fully saturated rings. The molecule has 0 aliphatic rings. The Morgan fingerprint density at radius 2 is 1.50 bits per heavy atom. The van der Waals surface area contributed by atoms with Crippen LogP contribution in [0.3, 0.4) is 0 Å². The monoisotopic (exact) mass is 170 g/mol. The topological polar surface area (TPSA) is 60.4 Å². The van der Waals surface area contributed by atoms with E-state index in [9.17, 15) is 14.4 Å². The van der Waals surface area contributed by atoms with Crippen LogP contribution in [0.4, 0.5) is 0 Å². The molecule has 0 aromatic rings. The first kappa shape index (κ1) is 13.1. The Kier molecular flexibility index (Phi) is 8.07. The van der Waals surface area contributed by atoms with Crippen molar-refractivity contribution in [3.8, 4) is 0 Å². The number of rotatable bonds is 1. The second-order valence-corrected chi connectivity index (χ2v) is 1.44. The van der Waals surface area contributed by atoms with Crippen LogP contribution in [0.2, 0.25) is 0 Å². The second kappa shape index (κ2) is 6.18. The van der Waals surface area contributed by atoms with Crippen molar-refractivity contribution in [3.05, 3.63) is 0 Å². The van der Waals surface area contributed by atoms with Crippen LogP contribution in [0.1, 0.15) is 13.8 Å². The second-order valence-electron chi connectivity index (χ2n) is 1.44. The van der Waals surface area contributed by atoms with Gasteiger partial charge in [-0.3, -0.25) is 9.59 Å². The number of hydrogen-bond acceptors (Lipinski definition) is 4. The fourth-order valence-electron chi connectivity index (χ4n) is 0.202. The molecule has 0 radical (unpaired) electrons. The molecule has 0 saturated carbocycles. The van der Waals surface area contributed by atoms with E-state index in [0.717, 1.165) is 13.8 Å². The quantitative estimate of drug-likeness (QED) is 0.219. The fourth-order valence-corrected chi connectivity index (χ4v) is 0.202. The van der Waals surface area contributed by atoms with Crippen LogP contribution >= 0.6 is 0 Å². The molecular weight excluding hydrogens is 163 g/mol. The SMILES string of the molecule is CC(=O)OC(=O)C(C)=O.[KH]. The summed E-state index contributed by atoms with van der Waals surface area (Å²) in [6, 6.07) is 0. The van der Waals surface area contributed by atoms with Crippen molar-refractivity contribution in [2.24, 2.45) is 0 Å². The predicted octanol–water partition coefficient (Wildman–Crippen LogP) is -0.983. The van der Waals surface area contributed by atoms with Gasteiger partial charge < -0.3 is 4.74 Å². The van der Waals surface area contributed by atoms with E-state index in [1.807, 2.05) is 0 Å². The molecule has 10 heavy (non-hydrogen) atoms. The number of carbonyl (C=O) groups excluding carboxylic acids is 3. The first-order valence-electron chi connectivity index (χ1n) is 2.27. The molecule has 52 valence electrons. The molecule has 0 amide bonds. The molecule has 0 aromatic heterocycles. The summed E-state index contributed by atoms with van der Waals surface area (Å²) in [5.41, 5.74) is 0. The minimum absolute atomic E-state index is 0. The maximum absolute atomic E-state index is 10.2. The van der Waals surface area contributed by atoms with Gasteiger partial charge in [0.25, 0.3) is 0 Å². The Morgan fingerprint density at radius 3 is 1.60 bits per heavy atom. The average molecular weight is 170 g/mol. The standard InChI is InChI=1S/C5H6O4.K.H/c1-3(6)5(8)9-4(2)7;;/h1-2H3;;. The zero-order valence-electron chi connectivity index (χ0n) is 5.13. The van der Waals surface area contributed by atoms with Gasteiger partial charge in [-0.1, -0.05) is 0 Å². The first-order chi connectivity index (χ1) is 4.04. The zero-order valence-corrected chi connectivity index (χ0v) is 5.13. The van der Waals surface area contributed by atoms with Crippen molar-refractivity contribution in [2.75, 3.05) is 0 Å². The van der Waals surface area contributed by atoms with Gasteiger partial charge in [-0.05, 0) is 0 Å². The first-order valence-corrected chi connectivity index (χ1v) is 2.27.